The number of benzene rings is 1. The zero-order chi connectivity index (χ0) is 12.1. The Morgan fingerprint density at radius 2 is 1.94 bits per heavy atom. The van der Waals surface area contributed by atoms with Gasteiger partial charge in [-0.3, -0.25) is 4.98 Å². The smallest absolute Gasteiger partial charge is 0.339 e. The molecule has 0 radical (unpaired) electrons. The summed E-state index contributed by atoms with van der Waals surface area (Å²) in [5, 5.41) is 0. The maximum Gasteiger partial charge on any atom is 0.339 e. The number of hydrogen-bond acceptors (Lipinski definition) is 3. The molecule has 0 saturated carbocycles. The molecule has 0 aliphatic carbocycles. The molecule has 2 rings (SSSR count). The van der Waals surface area contributed by atoms with Crippen molar-refractivity contribution < 1.29 is 9.53 Å². The van der Waals surface area contributed by atoms with Crippen LogP contribution in [0.3, 0.4) is 0 Å². The number of ether oxygens (including phenoxy) is 1. The van der Waals surface area contributed by atoms with Crippen molar-refractivity contribution in [3.63, 3.8) is 0 Å². The molecule has 0 aliphatic rings. The Morgan fingerprint density at radius 3 is 2.53 bits per heavy atom. The first-order chi connectivity index (χ1) is 8.31. The van der Waals surface area contributed by atoms with Crippen LogP contribution in [0.1, 0.15) is 17.3 Å². The number of aromatic nitrogens is 1. The minimum atomic E-state index is -0.334. The average Bonchev–Trinajstić information content (AvgIpc) is 2.40. The monoisotopic (exact) mass is 227 g/mol. The molecule has 0 N–H and O–H groups in total. The lowest BCUT2D eigenvalue weighted by molar-refractivity contribution is 0.0526. The Hall–Kier alpha value is -2.16. The summed E-state index contributed by atoms with van der Waals surface area (Å²) < 4.78 is 4.89. The number of pyridine rings is 1. The van der Waals surface area contributed by atoms with E-state index in [4.69, 9.17) is 4.74 Å². The third-order valence-corrected chi connectivity index (χ3v) is 2.34. The molecule has 3 nitrogen and oxygen atoms in total. The quantitative estimate of drug-likeness (QED) is 0.757. The Labute approximate surface area is 100 Å². The lowest BCUT2D eigenvalue weighted by Crippen LogP contribution is -2.04. The largest absolute Gasteiger partial charge is 0.462 e. The topological polar surface area (TPSA) is 39.2 Å². The lowest BCUT2D eigenvalue weighted by atomic mass is 10.1. The fraction of sp³-hybridized carbons (Fsp3) is 0.143. The van der Waals surface area contributed by atoms with Gasteiger partial charge in [0.25, 0.3) is 0 Å². The van der Waals surface area contributed by atoms with E-state index in [2.05, 4.69) is 4.98 Å². The molecule has 0 saturated heterocycles. The summed E-state index contributed by atoms with van der Waals surface area (Å²) in [4.78, 5) is 15.7. The van der Waals surface area contributed by atoms with Gasteiger partial charge in [-0.05, 0) is 19.1 Å². The first-order valence-electron chi connectivity index (χ1n) is 5.50. The van der Waals surface area contributed by atoms with Crippen LogP contribution in [-0.4, -0.2) is 17.6 Å². The zero-order valence-corrected chi connectivity index (χ0v) is 9.59. The number of carbonyl (C=O) groups excluding carboxylic acids is 1. The van der Waals surface area contributed by atoms with Gasteiger partial charge in [0.15, 0.2) is 0 Å². The van der Waals surface area contributed by atoms with Crippen LogP contribution >= 0.6 is 0 Å². The Balaban J connectivity index is 2.22. The van der Waals surface area contributed by atoms with Crippen LogP contribution in [0.2, 0.25) is 0 Å². The van der Waals surface area contributed by atoms with E-state index < -0.39 is 0 Å². The van der Waals surface area contributed by atoms with E-state index in [0.29, 0.717) is 12.2 Å². The van der Waals surface area contributed by atoms with Crippen molar-refractivity contribution in [3.05, 3.63) is 54.2 Å². The van der Waals surface area contributed by atoms with Crippen LogP contribution in [0.25, 0.3) is 11.3 Å². The molecule has 1 aromatic heterocycles. The highest BCUT2D eigenvalue weighted by Gasteiger charge is 2.06. The third kappa shape index (κ3) is 2.69. The van der Waals surface area contributed by atoms with E-state index in [1.165, 1.54) is 0 Å². The molecule has 1 heterocycles. The van der Waals surface area contributed by atoms with Crippen LogP contribution in [0.5, 0.6) is 0 Å². The minimum Gasteiger partial charge on any atom is -0.462 e. The van der Waals surface area contributed by atoms with Gasteiger partial charge in [-0.25, -0.2) is 4.79 Å². The molecule has 2 aromatic rings. The molecule has 0 atom stereocenters. The Bertz CT molecular complexity index is 491. The normalized spacial score (nSPS) is 9.94. The molecule has 86 valence electrons. The van der Waals surface area contributed by atoms with Gasteiger partial charge >= 0.3 is 5.97 Å². The molecule has 0 amide bonds. The third-order valence-electron chi connectivity index (χ3n) is 2.34. The average molecular weight is 227 g/mol. The van der Waals surface area contributed by atoms with Gasteiger partial charge in [0.1, 0.15) is 0 Å². The van der Waals surface area contributed by atoms with Crippen molar-refractivity contribution in [2.75, 3.05) is 6.61 Å². The predicted octanol–water partition coefficient (Wildman–Crippen LogP) is 2.93. The summed E-state index contributed by atoms with van der Waals surface area (Å²) in [6.07, 6.45) is 1.54. The van der Waals surface area contributed by atoms with E-state index in [1.807, 2.05) is 36.4 Å². The van der Waals surface area contributed by atoms with Gasteiger partial charge in [-0.1, -0.05) is 30.3 Å². The molecule has 1 aromatic carbocycles. The number of esters is 1. The molecule has 3 heteroatoms. The number of hydrogen-bond donors (Lipinski definition) is 0. The number of rotatable bonds is 3. The van der Waals surface area contributed by atoms with Gasteiger partial charge in [-0.15, -0.1) is 0 Å². The minimum absolute atomic E-state index is 0.334. The first-order valence-corrected chi connectivity index (χ1v) is 5.50. The molecule has 0 spiro atoms. The predicted molar refractivity (Wildman–Crippen MR) is 65.6 cm³/mol. The summed E-state index contributed by atoms with van der Waals surface area (Å²) in [5.41, 5.74) is 2.35. The van der Waals surface area contributed by atoms with E-state index in [9.17, 15) is 4.79 Å². The lowest BCUT2D eigenvalue weighted by Gasteiger charge is -2.03. The molecular weight excluding hydrogens is 214 g/mol. The summed E-state index contributed by atoms with van der Waals surface area (Å²) in [7, 11) is 0. The molecule has 0 bridgehead atoms. The van der Waals surface area contributed by atoms with Crippen LogP contribution in [0.15, 0.2) is 48.7 Å². The van der Waals surface area contributed by atoms with Crippen molar-refractivity contribution in [2.45, 2.75) is 6.92 Å². The van der Waals surface area contributed by atoms with Crippen molar-refractivity contribution in [2.24, 2.45) is 0 Å². The van der Waals surface area contributed by atoms with E-state index in [0.717, 1.165) is 11.3 Å². The molecule has 0 unspecified atom stereocenters. The fourth-order valence-electron chi connectivity index (χ4n) is 1.51. The van der Waals surface area contributed by atoms with E-state index in [1.54, 1.807) is 19.2 Å². The Kier molecular flexibility index (Phi) is 3.50. The maximum atomic E-state index is 11.4. The van der Waals surface area contributed by atoms with Crippen LogP contribution in [0, 0.1) is 0 Å². The molecule has 0 aliphatic heterocycles. The highest BCUT2D eigenvalue weighted by Crippen LogP contribution is 2.16. The Morgan fingerprint density at radius 1 is 1.18 bits per heavy atom. The highest BCUT2D eigenvalue weighted by atomic mass is 16.5. The number of carbonyl (C=O) groups is 1. The summed E-state index contributed by atoms with van der Waals surface area (Å²) in [6, 6.07) is 13.4. The maximum absolute atomic E-state index is 11.4. The van der Waals surface area contributed by atoms with Crippen LogP contribution < -0.4 is 0 Å². The first kappa shape index (κ1) is 11.3. The zero-order valence-electron chi connectivity index (χ0n) is 9.59. The second-order valence-corrected chi connectivity index (χ2v) is 3.52. The van der Waals surface area contributed by atoms with Gasteiger partial charge in [0.2, 0.25) is 0 Å². The van der Waals surface area contributed by atoms with E-state index >= 15 is 0 Å². The SMILES string of the molecule is CCOC(=O)c1ccc(-c2ccccc2)nc1. The van der Waals surface area contributed by atoms with Gasteiger partial charge in [0.05, 0.1) is 17.9 Å². The van der Waals surface area contributed by atoms with Crippen molar-refractivity contribution in [1.29, 1.82) is 0 Å². The fourth-order valence-corrected chi connectivity index (χ4v) is 1.51. The van der Waals surface area contributed by atoms with Crippen LogP contribution in [-0.2, 0) is 4.74 Å². The summed E-state index contributed by atoms with van der Waals surface area (Å²) in [6.45, 7) is 2.16. The van der Waals surface area contributed by atoms with Crippen molar-refractivity contribution in [1.82, 2.24) is 4.98 Å². The van der Waals surface area contributed by atoms with Gasteiger partial charge in [0, 0.05) is 11.8 Å². The van der Waals surface area contributed by atoms with E-state index in [-0.39, 0.29) is 5.97 Å². The molecule has 17 heavy (non-hydrogen) atoms. The van der Waals surface area contributed by atoms with Crippen molar-refractivity contribution in [3.8, 4) is 11.3 Å². The number of nitrogens with zero attached hydrogens (tertiary/aromatic N) is 1. The summed E-state index contributed by atoms with van der Waals surface area (Å²) >= 11 is 0. The summed E-state index contributed by atoms with van der Waals surface area (Å²) in [5.74, 6) is -0.334. The molecule has 0 fully saturated rings. The van der Waals surface area contributed by atoms with Crippen molar-refractivity contribution >= 4 is 5.97 Å². The van der Waals surface area contributed by atoms with Crippen LogP contribution in [0.4, 0.5) is 0 Å². The second-order valence-electron chi connectivity index (χ2n) is 3.52. The molecular formula is C14H13NO2. The van der Waals surface area contributed by atoms with Gasteiger partial charge in [-0.2, -0.15) is 0 Å². The van der Waals surface area contributed by atoms with Gasteiger partial charge < -0.3 is 4.74 Å². The highest BCUT2D eigenvalue weighted by molar-refractivity contribution is 5.89. The standard InChI is InChI=1S/C14H13NO2/c1-2-17-14(16)12-8-9-13(15-10-12)11-6-4-3-5-7-11/h3-10H,2H2,1H3. The second kappa shape index (κ2) is 5.25.